The van der Waals surface area contributed by atoms with Crippen LogP contribution in [-0.4, -0.2) is 35.0 Å². The molecule has 0 saturated heterocycles. The zero-order valence-corrected chi connectivity index (χ0v) is 23.4. The molecule has 0 spiro atoms. The SMILES string of the molecule is CC1(c2cccc(C(=O)OC(=O)C3([C@]4(C(=O)O)C[C@@H]4C(=O)c4ccc(C5(C(F)(F)F)CC5)c(Cl)c4)CC3)c2Cl)CC1. The number of carboxylic acid groups (broad SMARTS) is 1. The number of aliphatic carboxylic acids is 1. The third kappa shape index (κ3) is 4.06. The third-order valence-electron chi connectivity index (χ3n) is 9.77. The van der Waals surface area contributed by atoms with E-state index in [1.807, 2.05) is 13.0 Å². The monoisotopic (exact) mass is 608 g/mol. The predicted molar refractivity (Wildman–Crippen MR) is 141 cm³/mol. The molecule has 6 rings (SSSR count). The zero-order valence-electron chi connectivity index (χ0n) is 21.9. The van der Waals surface area contributed by atoms with Gasteiger partial charge in [-0.05, 0) is 73.6 Å². The van der Waals surface area contributed by atoms with Crippen molar-refractivity contribution in [3.05, 3.63) is 68.7 Å². The van der Waals surface area contributed by atoms with E-state index in [0.29, 0.717) is 0 Å². The van der Waals surface area contributed by atoms with Crippen molar-refractivity contribution in [3.63, 3.8) is 0 Å². The van der Waals surface area contributed by atoms with E-state index in [1.54, 1.807) is 6.07 Å². The molecule has 0 aromatic heterocycles. The van der Waals surface area contributed by atoms with Gasteiger partial charge in [0.25, 0.3) is 0 Å². The van der Waals surface area contributed by atoms with E-state index >= 15 is 0 Å². The van der Waals surface area contributed by atoms with Crippen LogP contribution in [0.3, 0.4) is 0 Å². The summed E-state index contributed by atoms with van der Waals surface area (Å²) < 4.78 is 46.0. The average Bonchev–Trinajstić information content (AvgIpc) is 3.71. The van der Waals surface area contributed by atoms with Gasteiger partial charge in [-0.2, -0.15) is 13.2 Å². The maximum absolute atomic E-state index is 13.6. The minimum atomic E-state index is -4.49. The van der Waals surface area contributed by atoms with Crippen molar-refractivity contribution in [3.8, 4) is 0 Å². The van der Waals surface area contributed by atoms with Crippen molar-refractivity contribution < 1.29 is 42.2 Å². The Morgan fingerprint density at radius 3 is 2.12 bits per heavy atom. The highest BCUT2D eigenvalue weighted by Gasteiger charge is 2.81. The number of benzene rings is 2. The van der Waals surface area contributed by atoms with Crippen LogP contribution in [-0.2, 0) is 25.2 Å². The lowest BCUT2D eigenvalue weighted by molar-refractivity contribution is -0.160. The largest absolute Gasteiger partial charge is 0.481 e. The lowest BCUT2D eigenvalue weighted by Crippen LogP contribution is -2.38. The van der Waals surface area contributed by atoms with E-state index in [0.717, 1.165) is 24.5 Å². The minimum absolute atomic E-state index is 0.00346. The standard InChI is InChI=1S/C30H25Cl2F3O6/c1-26(7-8-26)18-4-2-3-16(21(18)32)23(37)41-25(40)28(11-12-28)29(24(38)39)14-19(29)22(36)15-5-6-17(20(31)13-15)27(9-10-27)30(33,34)35/h2-6,13,19H,7-12,14H2,1H3,(H,38,39)/t19-,29-/m1/s1. The van der Waals surface area contributed by atoms with Gasteiger partial charge in [0.05, 0.1) is 26.8 Å². The molecule has 4 saturated carbocycles. The summed E-state index contributed by atoms with van der Waals surface area (Å²) in [5.74, 6) is -5.19. The van der Waals surface area contributed by atoms with Crippen molar-refractivity contribution in [2.24, 2.45) is 16.7 Å². The summed E-state index contributed by atoms with van der Waals surface area (Å²) in [6.45, 7) is 2.01. The first-order chi connectivity index (χ1) is 19.1. The predicted octanol–water partition coefficient (Wildman–Crippen LogP) is 7.08. The summed E-state index contributed by atoms with van der Waals surface area (Å²) in [6, 6.07) is 8.40. The topological polar surface area (TPSA) is 97.7 Å². The molecule has 0 amide bonds. The second-order valence-electron chi connectivity index (χ2n) is 12.2. The number of Topliss-reactive ketones (excluding diaryl/α,β-unsaturated/α-hetero) is 1. The summed E-state index contributed by atoms with van der Waals surface area (Å²) in [5.41, 5.74) is -4.98. The van der Waals surface area contributed by atoms with Gasteiger partial charge in [-0.1, -0.05) is 54.4 Å². The third-order valence-corrected chi connectivity index (χ3v) is 10.5. The first-order valence-corrected chi connectivity index (χ1v) is 14.1. The summed E-state index contributed by atoms with van der Waals surface area (Å²) in [7, 11) is 0. The molecule has 6 nitrogen and oxygen atoms in total. The first kappa shape index (κ1) is 28.2. The summed E-state index contributed by atoms with van der Waals surface area (Å²) in [5, 5.41) is 10.2. The molecule has 0 unspecified atom stereocenters. The number of esters is 2. The molecule has 11 heteroatoms. The van der Waals surface area contributed by atoms with Gasteiger partial charge in [0.15, 0.2) is 5.78 Å². The Balaban J connectivity index is 1.22. The van der Waals surface area contributed by atoms with Gasteiger partial charge in [0.1, 0.15) is 0 Å². The average molecular weight is 609 g/mol. The molecule has 0 bridgehead atoms. The van der Waals surface area contributed by atoms with Crippen molar-refractivity contribution in [1.82, 2.24) is 0 Å². The van der Waals surface area contributed by atoms with Crippen LogP contribution < -0.4 is 0 Å². The normalized spacial score (nSPS) is 26.0. The molecule has 2 aromatic carbocycles. The lowest BCUT2D eigenvalue weighted by Gasteiger charge is -2.23. The van der Waals surface area contributed by atoms with Gasteiger partial charge >= 0.3 is 24.1 Å². The van der Waals surface area contributed by atoms with E-state index < -0.39 is 52.0 Å². The lowest BCUT2D eigenvalue weighted by atomic mass is 9.81. The molecule has 1 N–H and O–H groups in total. The molecule has 2 atom stereocenters. The number of ether oxygens (including phenoxy) is 1. The molecule has 216 valence electrons. The van der Waals surface area contributed by atoms with Crippen molar-refractivity contribution >= 4 is 46.9 Å². The fraction of sp³-hybridized carbons (Fsp3) is 0.467. The van der Waals surface area contributed by atoms with Gasteiger partial charge < -0.3 is 9.84 Å². The van der Waals surface area contributed by atoms with Crippen LogP contribution in [0.4, 0.5) is 13.2 Å². The van der Waals surface area contributed by atoms with Crippen LogP contribution in [0, 0.1) is 16.7 Å². The second-order valence-corrected chi connectivity index (χ2v) is 12.9. The Kier molecular flexibility index (Phi) is 6.06. The van der Waals surface area contributed by atoms with Gasteiger partial charge in [0.2, 0.25) is 0 Å². The molecule has 0 heterocycles. The maximum Gasteiger partial charge on any atom is 0.398 e. The Hall–Kier alpha value is -2.91. The van der Waals surface area contributed by atoms with Crippen molar-refractivity contribution in [2.45, 2.75) is 68.9 Å². The number of carbonyl (C=O) groups excluding carboxylic acids is 3. The quantitative estimate of drug-likeness (QED) is 0.195. The smallest absolute Gasteiger partial charge is 0.398 e. The van der Waals surface area contributed by atoms with E-state index in [4.69, 9.17) is 27.9 Å². The highest BCUT2D eigenvalue weighted by molar-refractivity contribution is 6.34. The molecule has 4 aliphatic rings. The maximum atomic E-state index is 13.6. The van der Waals surface area contributed by atoms with Crippen LogP contribution >= 0.6 is 23.2 Å². The Morgan fingerprint density at radius 2 is 1.61 bits per heavy atom. The number of ketones is 1. The molecular weight excluding hydrogens is 584 g/mol. The number of halogens is 5. The minimum Gasteiger partial charge on any atom is -0.481 e. The fourth-order valence-electron chi connectivity index (χ4n) is 6.44. The molecule has 4 fully saturated rings. The number of hydrogen-bond donors (Lipinski definition) is 1. The summed E-state index contributed by atoms with van der Waals surface area (Å²) >= 11 is 12.7. The van der Waals surface area contributed by atoms with Crippen molar-refractivity contribution in [1.29, 1.82) is 0 Å². The van der Waals surface area contributed by atoms with E-state index in [1.165, 1.54) is 18.2 Å². The molecule has 4 aliphatic carbocycles. The van der Waals surface area contributed by atoms with Crippen molar-refractivity contribution in [2.75, 3.05) is 0 Å². The van der Waals surface area contributed by atoms with Gasteiger partial charge in [0, 0.05) is 16.5 Å². The number of carbonyl (C=O) groups is 4. The molecule has 2 aromatic rings. The highest BCUT2D eigenvalue weighted by Crippen LogP contribution is 2.74. The highest BCUT2D eigenvalue weighted by atomic mass is 35.5. The van der Waals surface area contributed by atoms with E-state index in [9.17, 15) is 37.5 Å². The summed E-state index contributed by atoms with van der Waals surface area (Å²) in [4.78, 5) is 52.3. The number of carboxylic acids is 1. The molecule has 0 aliphatic heterocycles. The Morgan fingerprint density at radius 1 is 0.951 bits per heavy atom. The van der Waals surface area contributed by atoms with Gasteiger partial charge in [-0.15, -0.1) is 0 Å². The zero-order chi connectivity index (χ0) is 29.8. The van der Waals surface area contributed by atoms with Crippen LogP contribution in [0.25, 0.3) is 0 Å². The molecule has 0 radical (unpaired) electrons. The second kappa shape index (κ2) is 8.80. The van der Waals surface area contributed by atoms with Crippen LogP contribution in [0.15, 0.2) is 36.4 Å². The fourth-order valence-corrected chi connectivity index (χ4v) is 7.24. The van der Waals surface area contributed by atoms with Gasteiger partial charge in [-0.25, -0.2) is 4.79 Å². The van der Waals surface area contributed by atoms with E-state index in [2.05, 4.69) is 0 Å². The molecular formula is C30H25Cl2F3O6. The van der Waals surface area contributed by atoms with Crippen LogP contribution in [0.2, 0.25) is 10.0 Å². The first-order valence-electron chi connectivity index (χ1n) is 13.3. The van der Waals surface area contributed by atoms with E-state index in [-0.39, 0.29) is 64.3 Å². The number of rotatable bonds is 8. The Bertz CT molecular complexity index is 1540. The molecule has 41 heavy (non-hydrogen) atoms. The van der Waals surface area contributed by atoms with Crippen LogP contribution in [0.1, 0.15) is 83.7 Å². The van der Waals surface area contributed by atoms with Gasteiger partial charge in [-0.3, -0.25) is 14.4 Å². The number of hydrogen-bond acceptors (Lipinski definition) is 5. The summed E-state index contributed by atoms with van der Waals surface area (Å²) in [6.07, 6.45) is -2.86. The van der Waals surface area contributed by atoms with Crippen LogP contribution in [0.5, 0.6) is 0 Å². The Labute approximate surface area is 243 Å². The number of alkyl halides is 3.